The SMILES string of the molecule is Cc1ccc(OC2C3CCC2CN(c2ccc(C)nn2)C3)c(OCC2CC2)c1. The van der Waals surface area contributed by atoms with Gasteiger partial charge in [0.05, 0.1) is 12.3 Å². The molecular formula is C23H29N3O2. The molecule has 2 unspecified atom stereocenters. The number of anilines is 1. The second-order valence-electron chi connectivity index (χ2n) is 8.82. The van der Waals surface area contributed by atoms with Crippen molar-refractivity contribution in [3.05, 3.63) is 41.6 Å². The summed E-state index contributed by atoms with van der Waals surface area (Å²) in [6.45, 7) is 6.88. The van der Waals surface area contributed by atoms with Crippen LogP contribution in [0.4, 0.5) is 5.82 Å². The molecule has 2 heterocycles. The van der Waals surface area contributed by atoms with Crippen LogP contribution >= 0.6 is 0 Å². The van der Waals surface area contributed by atoms with E-state index in [4.69, 9.17) is 9.47 Å². The highest BCUT2D eigenvalue weighted by Crippen LogP contribution is 2.42. The van der Waals surface area contributed by atoms with Crippen molar-refractivity contribution >= 4 is 5.82 Å². The molecule has 0 radical (unpaired) electrons. The average Bonchev–Trinajstić information content (AvgIpc) is 3.49. The zero-order valence-corrected chi connectivity index (χ0v) is 16.8. The lowest BCUT2D eigenvalue weighted by Crippen LogP contribution is -2.47. The van der Waals surface area contributed by atoms with E-state index in [-0.39, 0.29) is 6.10 Å². The van der Waals surface area contributed by atoms with Gasteiger partial charge in [-0.05, 0) is 75.3 Å². The second kappa shape index (κ2) is 7.26. The molecule has 2 bridgehead atoms. The van der Waals surface area contributed by atoms with Crippen molar-refractivity contribution in [3.8, 4) is 11.5 Å². The number of fused-ring (bicyclic) bond motifs is 2. The van der Waals surface area contributed by atoms with Crippen LogP contribution in [0.25, 0.3) is 0 Å². The van der Waals surface area contributed by atoms with Crippen LogP contribution in [0.5, 0.6) is 11.5 Å². The Hall–Kier alpha value is -2.30. The molecule has 0 spiro atoms. The fraction of sp³-hybridized carbons (Fsp3) is 0.565. The third-order valence-corrected chi connectivity index (χ3v) is 6.39. The molecule has 28 heavy (non-hydrogen) atoms. The van der Waals surface area contributed by atoms with Gasteiger partial charge in [-0.3, -0.25) is 0 Å². The maximum Gasteiger partial charge on any atom is 0.161 e. The molecule has 1 aromatic carbocycles. The fourth-order valence-corrected chi connectivity index (χ4v) is 4.58. The van der Waals surface area contributed by atoms with Crippen molar-refractivity contribution in [2.45, 2.75) is 45.6 Å². The normalized spacial score (nSPS) is 26.4. The van der Waals surface area contributed by atoms with Crippen LogP contribution in [0.3, 0.4) is 0 Å². The highest BCUT2D eigenvalue weighted by atomic mass is 16.5. The van der Waals surface area contributed by atoms with E-state index in [2.05, 4.69) is 46.3 Å². The van der Waals surface area contributed by atoms with Gasteiger partial charge in [0.15, 0.2) is 17.3 Å². The number of piperidine rings is 1. The number of benzene rings is 1. The van der Waals surface area contributed by atoms with Gasteiger partial charge in [-0.25, -0.2) is 0 Å². The lowest BCUT2D eigenvalue weighted by atomic mass is 9.94. The molecule has 3 fully saturated rings. The first-order valence-electron chi connectivity index (χ1n) is 10.6. The Morgan fingerprint density at radius 1 is 0.929 bits per heavy atom. The molecule has 2 aliphatic carbocycles. The van der Waals surface area contributed by atoms with E-state index in [1.165, 1.54) is 31.2 Å². The standard InChI is InChI=1S/C23H29N3O2/c1-15-3-9-20(21(11-15)27-14-17-5-6-17)28-23-18-7-8-19(23)13-26(12-18)22-10-4-16(2)24-25-22/h3-4,9-11,17-19,23H,5-8,12-14H2,1-2H3. The predicted molar refractivity (Wildman–Crippen MR) is 109 cm³/mol. The Morgan fingerprint density at radius 2 is 1.71 bits per heavy atom. The van der Waals surface area contributed by atoms with Gasteiger partial charge in [-0.15, -0.1) is 5.10 Å². The predicted octanol–water partition coefficient (Wildman–Crippen LogP) is 4.18. The molecule has 0 amide bonds. The van der Waals surface area contributed by atoms with E-state index in [9.17, 15) is 0 Å². The maximum atomic E-state index is 6.60. The average molecular weight is 380 g/mol. The molecule has 0 N–H and O–H groups in total. The van der Waals surface area contributed by atoms with Crippen LogP contribution in [-0.4, -0.2) is 36.0 Å². The van der Waals surface area contributed by atoms with E-state index < -0.39 is 0 Å². The van der Waals surface area contributed by atoms with Crippen LogP contribution in [-0.2, 0) is 0 Å². The minimum absolute atomic E-state index is 0.264. The third kappa shape index (κ3) is 3.67. The molecule has 2 aromatic rings. The highest BCUT2D eigenvalue weighted by Gasteiger charge is 2.44. The van der Waals surface area contributed by atoms with Crippen LogP contribution < -0.4 is 14.4 Å². The number of aromatic nitrogens is 2. The summed E-state index contributed by atoms with van der Waals surface area (Å²) < 4.78 is 12.7. The van der Waals surface area contributed by atoms with Crippen molar-refractivity contribution in [2.75, 3.05) is 24.6 Å². The van der Waals surface area contributed by atoms with Gasteiger partial charge in [0.2, 0.25) is 0 Å². The molecule has 2 atom stereocenters. The quantitative estimate of drug-likeness (QED) is 0.754. The first-order chi connectivity index (χ1) is 13.7. The second-order valence-corrected chi connectivity index (χ2v) is 8.82. The molecule has 148 valence electrons. The molecule has 3 aliphatic rings. The largest absolute Gasteiger partial charge is 0.489 e. The highest BCUT2D eigenvalue weighted by molar-refractivity contribution is 5.43. The first kappa shape index (κ1) is 17.8. The summed E-state index contributed by atoms with van der Waals surface area (Å²) in [5.74, 6) is 4.61. The zero-order valence-electron chi connectivity index (χ0n) is 16.8. The summed E-state index contributed by atoms with van der Waals surface area (Å²) >= 11 is 0. The smallest absolute Gasteiger partial charge is 0.161 e. The fourth-order valence-electron chi connectivity index (χ4n) is 4.58. The van der Waals surface area contributed by atoms with E-state index in [1.807, 2.05) is 13.0 Å². The molecule has 5 rings (SSSR count). The minimum Gasteiger partial charge on any atom is -0.489 e. The van der Waals surface area contributed by atoms with Gasteiger partial charge in [0, 0.05) is 24.9 Å². The van der Waals surface area contributed by atoms with Gasteiger partial charge in [-0.1, -0.05) is 6.07 Å². The van der Waals surface area contributed by atoms with Gasteiger partial charge < -0.3 is 14.4 Å². The molecule has 5 nitrogen and oxygen atoms in total. The molecular weight excluding hydrogens is 350 g/mol. The van der Waals surface area contributed by atoms with Crippen molar-refractivity contribution < 1.29 is 9.47 Å². The van der Waals surface area contributed by atoms with Gasteiger partial charge in [-0.2, -0.15) is 5.10 Å². The van der Waals surface area contributed by atoms with E-state index in [0.717, 1.165) is 48.6 Å². The number of nitrogens with zero attached hydrogens (tertiary/aromatic N) is 3. The lowest BCUT2D eigenvalue weighted by Gasteiger charge is -2.38. The van der Waals surface area contributed by atoms with Gasteiger partial charge >= 0.3 is 0 Å². The number of ether oxygens (including phenoxy) is 2. The number of rotatable bonds is 6. The molecule has 1 aliphatic heterocycles. The number of hydrogen-bond acceptors (Lipinski definition) is 5. The summed E-state index contributed by atoms with van der Waals surface area (Å²) in [5, 5.41) is 8.62. The molecule has 1 aromatic heterocycles. The lowest BCUT2D eigenvalue weighted by molar-refractivity contribution is 0.0979. The van der Waals surface area contributed by atoms with Crippen molar-refractivity contribution in [1.82, 2.24) is 10.2 Å². The zero-order chi connectivity index (χ0) is 19.1. The van der Waals surface area contributed by atoms with E-state index in [1.54, 1.807) is 0 Å². The maximum absolute atomic E-state index is 6.60. The number of aryl methyl sites for hydroxylation is 2. The Bertz CT molecular complexity index is 820. The van der Waals surface area contributed by atoms with Crippen molar-refractivity contribution in [1.29, 1.82) is 0 Å². The monoisotopic (exact) mass is 379 g/mol. The number of hydrogen-bond donors (Lipinski definition) is 0. The summed E-state index contributed by atoms with van der Waals surface area (Å²) in [4.78, 5) is 2.38. The molecule has 5 heteroatoms. The summed E-state index contributed by atoms with van der Waals surface area (Å²) in [7, 11) is 0. The minimum atomic E-state index is 0.264. The summed E-state index contributed by atoms with van der Waals surface area (Å²) in [6.07, 6.45) is 5.30. The Labute approximate surface area is 167 Å². The van der Waals surface area contributed by atoms with Gasteiger partial charge in [0.25, 0.3) is 0 Å². The summed E-state index contributed by atoms with van der Waals surface area (Å²) in [5.41, 5.74) is 2.18. The van der Waals surface area contributed by atoms with Crippen LogP contribution in [0.2, 0.25) is 0 Å². The Balaban J connectivity index is 1.30. The van der Waals surface area contributed by atoms with Crippen molar-refractivity contribution in [3.63, 3.8) is 0 Å². The van der Waals surface area contributed by atoms with Crippen LogP contribution in [0.1, 0.15) is 36.9 Å². The first-order valence-corrected chi connectivity index (χ1v) is 10.6. The van der Waals surface area contributed by atoms with Crippen LogP contribution in [0.15, 0.2) is 30.3 Å². The van der Waals surface area contributed by atoms with E-state index in [0.29, 0.717) is 11.8 Å². The van der Waals surface area contributed by atoms with Crippen LogP contribution in [0, 0.1) is 31.6 Å². The molecule has 1 saturated heterocycles. The molecule has 2 saturated carbocycles. The topological polar surface area (TPSA) is 47.5 Å². The summed E-state index contributed by atoms with van der Waals surface area (Å²) in [6, 6.07) is 10.5. The van der Waals surface area contributed by atoms with E-state index >= 15 is 0 Å². The van der Waals surface area contributed by atoms with Crippen molar-refractivity contribution in [2.24, 2.45) is 17.8 Å². The van der Waals surface area contributed by atoms with Gasteiger partial charge in [0.1, 0.15) is 6.10 Å². The third-order valence-electron chi connectivity index (χ3n) is 6.39. The Kier molecular flexibility index (Phi) is 4.61. The Morgan fingerprint density at radius 3 is 2.39 bits per heavy atom.